The van der Waals surface area contributed by atoms with Gasteiger partial charge in [0.15, 0.2) is 0 Å². The molecule has 2 atom stereocenters. The van der Waals surface area contributed by atoms with Gasteiger partial charge in [0, 0.05) is 5.69 Å². The van der Waals surface area contributed by atoms with E-state index in [2.05, 4.69) is 10.6 Å². The Morgan fingerprint density at radius 2 is 1.88 bits per heavy atom. The second-order valence-electron chi connectivity index (χ2n) is 5.41. The number of carbonyl (C=O) groups excluding carboxylic acids is 1. The first-order valence-electron chi connectivity index (χ1n) is 7.57. The summed E-state index contributed by atoms with van der Waals surface area (Å²) in [5, 5.41) is 23.4. The lowest BCUT2D eigenvalue weighted by molar-refractivity contribution is -0.0232. The third-order valence-corrected chi connectivity index (χ3v) is 3.53. The number of carbonyl (C=O) groups is 1. The quantitative estimate of drug-likeness (QED) is 0.752. The van der Waals surface area contributed by atoms with Crippen molar-refractivity contribution in [3.8, 4) is 6.07 Å². The molecule has 2 amide bonds. The number of halogens is 2. The van der Waals surface area contributed by atoms with Crippen molar-refractivity contribution in [2.24, 2.45) is 0 Å². The molecule has 3 N–H and O–H groups in total. The smallest absolute Gasteiger partial charge is 0.319 e. The SMILES string of the molecule is N#Cc1cccc(NC(=O)NC(Cc2ccccc2)C(O)C(F)F)c1. The molecule has 0 spiro atoms. The normalized spacial score (nSPS) is 12.9. The molecule has 0 saturated heterocycles. The van der Waals surface area contributed by atoms with Gasteiger partial charge in [-0.3, -0.25) is 0 Å². The average Bonchev–Trinajstić information content (AvgIpc) is 2.61. The third kappa shape index (κ3) is 5.55. The number of amides is 2. The number of nitrogens with zero attached hydrogens (tertiary/aromatic N) is 1. The molecule has 2 unspecified atom stereocenters. The molecule has 2 aromatic rings. The van der Waals surface area contributed by atoms with Crippen molar-refractivity contribution in [1.82, 2.24) is 5.32 Å². The maximum Gasteiger partial charge on any atom is 0.319 e. The highest BCUT2D eigenvalue weighted by Gasteiger charge is 2.29. The Bertz CT molecular complexity index is 747. The molecule has 0 aliphatic heterocycles. The Morgan fingerprint density at radius 1 is 1.16 bits per heavy atom. The van der Waals surface area contributed by atoms with E-state index < -0.39 is 24.6 Å². The second kappa shape index (κ2) is 8.76. The number of nitrogens with one attached hydrogen (secondary N) is 2. The highest BCUT2D eigenvalue weighted by Crippen LogP contribution is 2.13. The van der Waals surface area contributed by atoms with Gasteiger partial charge in [0.25, 0.3) is 6.43 Å². The zero-order valence-electron chi connectivity index (χ0n) is 13.2. The fourth-order valence-electron chi connectivity index (χ4n) is 2.30. The van der Waals surface area contributed by atoms with Gasteiger partial charge in [-0.15, -0.1) is 0 Å². The molecule has 0 fully saturated rings. The van der Waals surface area contributed by atoms with E-state index in [0.29, 0.717) is 16.8 Å². The molecule has 2 rings (SSSR count). The van der Waals surface area contributed by atoms with Gasteiger partial charge in [0.05, 0.1) is 17.7 Å². The summed E-state index contributed by atoms with van der Waals surface area (Å²) >= 11 is 0. The number of hydrogen-bond donors (Lipinski definition) is 3. The van der Waals surface area contributed by atoms with Crippen LogP contribution in [-0.4, -0.2) is 29.7 Å². The number of aliphatic hydroxyl groups is 1. The third-order valence-electron chi connectivity index (χ3n) is 3.53. The van der Waals surface area contributed by atoms with Crippen molar-refractivity contribution < 1.29 is 18.7 Å². The largest absolute Gasteiger partial charge is 0.385 e. The number of hydrogen-bond acceptors (Lipinski definition) is 3. The molecular formula is C18H17F2N3O2. The number of nitriles is 1. The Kier molecular flexibility index (Phi) is 6.43. The molecule has 0 aliphatic carbocycles. The maximum absolute atomic E-state index is 12.9. The van der Waals surface area contributed by atoms with Crippen molar-refractivity contribution in [3.05, 3.63) is 65.7 Å². The first-order chi connectivity index (χ1) is 12.0. The van der Waals surface area contributed by atoms with Crippen LogP contribution in [0.4, 0.5) is 19.3 Å². The Hall–Kier alpha value is -2.98. The van der Waals surface area contributed by atoms with Gasteiger partial charge < -0.3 is 15.7 Å². The summed E-state index contributed by atoms with van der Waals surface area (Å²) in [6.45, 7) is 0. The fourth-order valence-corrected chi connectivity index (χ4v) is 2.30. The van der Waals surface area contributed by atoms with Crippen LogP contribution in [0.15, 0.2) is 54.6 Å². The summed E-state index contributed by atoms with van der Waals surface area (Å²) < 4.78 is 25.8. The highest BCUT2D eigenvalue weighted by atomic mass is 19.3. The van der Waals surface area contributed by atoms with Gasteiger partial charge in [-0.05, 0) is 30.2 Å². The summed E-state index contributed by atoms with van der Waals surface area (Å²) in [5.74, 6) is 0. The summed E-state index contributed by atoms with van der Waals surface area (Å²) in [6.07, 6.45) is -4.94. The van der Waals surface area contributed by atoms with E-state index in [1.54, 1.807) is 48.5 Å². The van der Waals surface area contributed by atoms with Gasteiger partial charge in [-0.1, -0.05) is 36.4 Å². The minimum absolute atomic E-state index is 0.0536. The summed E-state index contributed by atoms with van der Waals surface area (Å²) in [7, 11) is 0. The number of urea groups is 1. The Labute approximate surface area is 143 Å². The summed E-state index contributed by atoms with van der Waals surface area (Å²) in [4.78, 5) is 12.1. The van der Waals surface area contributed by atoms with E-state index in [1.807, 2.05) is 6.07 Å². The predicted molar refractivity (Wildman–Crippen MR) is 89.3 cm³/mol. The van der Waals surface area contributed by atoms with Crippen LogP contribution in [0, 0.1) is 11.3 Å². The van der Waals surface area contributed by atoms with Crippen molar-refractivity contribution in [1.29, 1.82) is 5.26 Å². The standard InChI is InChI=1S/C18H17F2N3O2/c19-17(20)16(24)15(10-12-5-2-1-3-6-12)23-18(25)22-14-8-4-7-13(9-14)11-21/h1-9,15-17,24H,10H2,(H2,22,23,25). The monoisotopic (exact) mass is 345 g/mol. The zero-order valence-corrected chi connectivity index (χ0v) is 13.2. The number of rotatable bonds is 6. The van der Waals surface area contributed by atoms with Gasteiger partial charge in [-0.25, -0.2) is 13.6 Å². The molecule has 0 aromatic heterocycles. The van der Waals surface area contributed by atoms with Crippen molar-refractivity contribution in [3.63, 3.8) is 0 Å². The van der Waals surface area contributed by atoms with Gasteiger partial charge in [0.1, 0.15) is 6.10 Å². The number of alkyl halides is 2. The van der Waals surface area contributed by atoms with E-state index in [1.165, 1.54) is 6.07 Å². The molecule has 0 heterocycles. The minimum Gasteiger partial charge on any atom is -0.385 e. The van der Waals surface area contributed by atoms with Crippen LogP contribution in [0.25, 0.3) is 0 Å². The van der Waals surface area contributed by atoms with E-state index in [9.17, 15) is 18.7 Å². The molecule has 2 aromatic carbocycles. The molecular weight excluding hydrogens is 328 g/mol. The first-order valence-corrected chi connectivity index (χ1v) is 7.57. The molecule has 0 bridgehead atoms. The topological polar surface area (TPSA) is 85.2 Å². The van der Waals surface area contributed by atoms with Crippen LogP contribution >= 0.6 is 0 Å². The Morgan fingerprint density at radius 3 is 2.52 bits per heavy atom. The Balaban J connectivity index is 2.07. The molecule has 130 valence electrons. The van der Waals surface area contributed by atoms with Crippen LogP contribution in [0.2, 0.25) is 0 Å². The van der Waals surface area contributed by atoms with E-state index in [-0.39, 0.29) is 6.42 Å². The van der Waals surface area contributed by atoms with Crippen LogP contribution in [0.1, 0.15) is 11.1 Å². The van der Waals surface area contributed by atoms with Crippen LogP contribution in [0.5, 0.6) is 0 Å². The average molecular weight is 345 g/mol. The van der Waals surface area contributed by atoms with Crippen LogP contribution in [0.3, 0.4) is 0 Å². The lowest BCUT2D eigenvalue weighted by Crippen LogP contribution is -2.49. The minimum atomic E-state index is -2.99. The second-order valence-corrected chi connectivity index (χ2v) is 5.41. The molecule has 0 radical (unpaired) electrons. The molecule has 0 aliphatic rings. The number of benzene rings is 2. The fraction of sp³-hybridized carbons (Fsp3) is 0.222. The van der Waals surface area contributed by atoms with Crippen molar-refractivity contribution in [2.45, 2.75) is 25.0 Å². The lowest BCUT2D eigenvalue weighted by atomic mass is 10.0. The lowest BCUT2D eigenvalue weighted by Gasteiger charge is -2.24. The van der Waals surface area contributed by atoms with Crippen molar-refractivity contribution in [2.75, 3.05) is 5.32 Å². The van der Waals surface area contributed by atoms with Gasteiger partial charge in [-0.2, -0.15) is 5.26 Å². The molecule has 7 heteroatoms. The number of aliphatic hydroxyl groups excluding tert-OH is 1. The highest BCUT2D eigenvalue weighted by molar-refractivity contribution is 5.89. The van der Waals surface area contributed by atoms with Crippen LogP contribution < -0.4 is 10.6 Å². The molecule has 0 saturated carbocycles. The molecule has 25 heavy (non-hydrogen) atoms. The summed E-state index contributed by atoms with van der Waals surface area (Å²) in [5.41, 5.74) is 1.41. The predicted octanol–water partition coefficient (Wildman–Crippen LogP) is 2.92. The summed E-state index contributed by atoms with van der Waals surface area (Å²) in [6, 6.07) is 14.9. The van der Waals surface area contributed by atoms with E-state index in [0.717, 1.165) is 0 Å². The molecule has 5 nitrogen and oxygen atoms in total. The zero-order chi connectivity index (χ0) is 18.2. The van der Waals surface area contributed by atoms with E-state index >= 15 is 0 Å². The van der Waals surface area contributed by atoms with Crippen LogP contribution in [-0.2, 0) is 6.42 Å². The van der Waals surface area contributed by atoms with Crippen molar-refractivity contribution >= 4 is 11.7 Å². The van der Waals surface area contributed by atoms with Gasteiger partial charge in [0.2, 0.25) is 0 Å². The van der Waals surface area contributed by atoms with Gasteiger partial charge >= 0.3 is 6.03 Å². The number of anilines is 1. The maximum atomic E-state index is 12.9. The van der Waals surface area contributed by atoms with E-state index in [4.69, 9.17) is 5.26 Å². The first kappa shape index (κ1) is 18.4.